The number of rotatable bonds is 14. The molecule has 0 aromatic heterocycles. The monoisotopic (exact) mass is 555 g/mol. The van der Waals surface area contributed by atoms with Gasteiger partial charge in [0.05, 0.1) is 0 Å². The molecule has 0 aliphatic heterocycles. The maximum Gasteiger partial charge on any atom is 0.0442 e. The molecule has 0 aliphatic carbocycles. The molecule has 234 valence electrons. The van der Waals surface area contributed by atoms with E-state index in [-0.39, 0.29) is 0 Å². The molecule has 0 fully saturated rings. The highest BCUT2D eigenvalue weighted by Gasteiger charge is 2.22. The molecule has 0 aromatic rings. The number of hydrogen-bond donors (Lipinski definition) is 0. The van der Waals surface area contributed by atoms with Gasteiger partial charge in [0.1, 0.15) is 0 Å². The van der Waals surface area contributed by atoms with E-state index in [4.69, 9.17) is 0 Å². The quantitative estimate of drug-likeness (QED) is 0.187. The Bertz CT molecular complexity index is 452. The summed E-state index contributed by atoms with van der Waals surface area (Å²) in [5.41, 5.74) is 0.502. The second kappa shape index (κ2) is 21.0. The van der Waals surface area contributed by atoms with Crippen molar-refractivity contribution in [2.75, 3.05) is 0 Å². The van der Waals surface area contributed by atoms with Gasteiger partial charge in [-0.2, -0.15) is 0 Å². The van der Waals surface area contributed by atoms with Gasteiger partial charge < -0.3 is 0 Å². The molecule has 0 atom stereocenters. The van der Waals surface area contributed by atoms with Crippen molar-refractivity contribution in [3.63, 3.8) is 0 Å². The molecule has 0 radical (unpaired) electrons. The molecule has 0 saturated heterocycles. The van der Waals surface area contributed by atoms with Crippen molar-refractivity contribution in [3.05, 3.63) is 0 Å². The van der Waals surface area contributed by atoms with Crippen molar-refractivity contribution in [1.29, 1.82) is 0 Å². The molecule has 0 aromatic carbocycles. The average molecular weight is 555 g/mol. The third-order valence-corrected chi connectivity index (χ3v) is 10.5. The predicted octanol–water partition coefficient (Wildman–Crippen LogP) is 13.7. The minimum absolute atomic E-state index is 0.502. The van der Waals surface area contributed by atoms with E-state index in [0.29, 0.717) is 5.41 Å². The molecule has 38 heavy (non-hydrogen) atoms. The van der Waals surface area contributed by atoms with Crippen molar-refractivity contribution in [3.8, 4) is 0 Å². The van der Waals surface area contributed by atoms with Crippen molar-refractivity contribution >= 4 is 8.07 Å². The van der Waals surface area contributed by atoms with Gasteiger partial charge in [0.2, 0.25) is 0 Å². The van der Waals surface area contributed by atoms with Crippen LogP contribution in [0.15, 0.2) is 0 Å². The SMILES string of the molecule is CC(C)C(CCC(C)(C)C)C(C)C.CC(C)C(CC[Si](C)(C)C)C(C)C.CC(C)CCC(C(C)C)C(C)C. The molecule has 0 saturated carbocycles. The van der Waals surface area contributed by atoms with Gasteiger partial charge in [-0.1, -0.05) is 156 Å². The highest BCUT2D eigenvalue weighted by Crippen LogP contribution is 2.31. The Balaban J connectivity index is -0.000000484. The normalized spacial score (nSPS) is 13.1. The van der Waals surface area contributed by atoms with Gasteiger partial charge in [0.15, 0.2) is 0 Å². The molecule has 0 rings (SSSR count). The molecule has 0 aliphatic rings. The first-order valence-corrected chi connectivity index (χ1v) is 20.6. The molecular formula is C37H82Si. The lowest BCUT2D eigenvalue weighted by Crippen LogP contribution is -2.24. The Hall–Kier alpha value is 0.217. The van der Waals surface area contributed by atoms with E-state index in [9.17, 15) is 0 Å². The molecule has 0 amide bonds. The van der Waals surface area contributed by atoms with Crippen molar-refractivity contribution in [2.24, 2.45) is 64.6 Å². The zero-order valence-electron chi connectivity index (χ0n) is 31.0. The van der Waals surface area contributed by atoms with Gasteiger partial charge in [-0.25, -0.2) is 0 Å². The third-order valence-electron chi connectivity index (χ3n) is 8.67. The Morgan fingerprint density at radius 2 is 0.711 bits per heavy atom. The molecule has 0 N–H and O–H groups in total. The highest BCUT2D eigenvalue weighted by atomic mass is 28.3. The van der Waals surface area contributed by atoms with Gasteiger partial charge in [-0.05, 0) is 83.9 Å². The predicted molar refractivity (Wildman–Crippen MR) is 185 cm³/mol. The summed E-state index contributed by atoms with van der Waals surface area (Å²) in [5, 5.41) is 0. The Morgan fingerprint density at radius 1 is 0.421 bits per heavy atom. The summed E-state index contributed by atoms with van der Waals surface area (Å²) in [5.74, 6) is 8.72. The molecule has 0 heterocycles. The van der Waals surface area contributed by atoms with Crippen LogP contribution >= 0.6 is 0 Å². The minimum Gasteiger partial charge on any atom is -0.0695 e. The van der Waals surface area contributed by atoms with E-state index in [0.717, 1.165) is 59.2 Å². The first-order chi connectivity index (χ1) is 16.9. The van der Waals surface area contributed by atoms with Crippen molar-refractivity contribution < 1.29 is 0 Å². The van der Waals surface area contributed by atoms with Crippen LogP contribution < -0.4 is 0 Å². The van der Waals surface area contributed by atoms with Crippen LogP contribution in [0.25, 0.3) is 0 Å². The molecule has 1 heteroatoms. The van der Waals surface area contributed by atoms with Gasteiger partial charge in [0, 0.05) is 8.07 Å². The lowest BCUT2D eigenvalue weighted by Gasteiger charge is -2.28. The molecule has 0 spiro atoms. The first-order valence-electron chi connectivity index (χ1n) is 16.9. The second-order valence-electron chi connectivity index (χ2n) is 17.6. The van der Waals surface area contributed by atoms with Crippen LogP contribution in [0.3, 0.4) is 0 Å². The van der Waals surface area contributed by atoms with E-state index < -0.39 is 8.07 Å². The lowest BCUT2D eigenvalue weighted by molar-refractivity contribution is 0.226. The summed E-state index contributed by atoms with van der Waals surface area (Å²) in [6, 6.07) is 1.49. The van der Waals surface area contributed by atoms with E-state index in [1.165, 1.54) is 38.1 Å². The summed E-state index contributed by atoms with van der Waals surface area (Å²) < 4.78 is 0. The van der Waals surface area contributed by atoms with Crippen LogP contribution in [0.1, 0.15) is 150 Å². The van der Waals surface area contributed by atoms with Crippen LogP contribution in [0.4, 0.5) is 0 Å². The van der Waals surface area contributed by atoms with E-state index in [1.54, 1.807) is 0 Å². The summed E-state index contributed by atoms with van der Waals surface area (Å²) in [6.45, 7) is 47.4. The van der Waals surface area contributed by atoms with Crippen LogP contribution in [0.5, 0.6) is 0 Å². The molecule has 0 bridgehead atoms. The van der Waals surface area contributed by atoms with E-state index in [2.05, 4.69) is 137 Å². The summed E-state index contributed by atoms with van der Waals surface area (Å²) in [6.07, 6.45) is 6.99. The lowest BCUT2D eigenvalue weighted by atomic mass is 9.78. The fourth-order valence-corrected chi connectivity index (χ4v) is 7.23. The zero-order valence-corrected chi connectivity index (χ0v) is 32.0. The zero-order chi connectivity index (χ0) is 31.0. The second-order valence-corrected chi connectivity index (χ2v) is 23.2. The third kappa shape index (κ3) is 26.4. The van der Waals surface area contributed by atoms with E-state index >= 15 is 0 Å². The van der Waals surface area contributed by atoms with Gasteiger partial charge in [0.25, 0.3) is 0 Å². The fraction of sp³-hybridized carbons (Fsp3) is 1.00. The van der Waals surface area contributed by atoms with Crippen molar-refractivity contribution in [2.45, 2.75) is 175 Å². The van der Waals surface area contributed by atoms with Crippen molar-refractivity contribution in [1.82, 2.24) is 0 Å². The summed E-state index contributed by atoms with van der Waals surface area (Å²) in [7, 11) is -0.812. The van der Waals surface area contributed by atoms with E-state index in [1.807, 2.05) is 0 Å². The average Bonchev–Trinajstić information content (AvgIpc) is 2.65. The van der Waals surface area contributed by atoms with Crippen LogP contribution in [0, 0.1) is 64.6 Å². The molecule has 0 unspecified atom stereocenters. The Morgan fingerprint density at radius 3 is 0.947 bits per heavy atom. The van der Waals surface area contributed by atoms with Crippen LogP contribution in [0.2, 0.25) is 25.7 Å². The van der Waals surface area contributed by atoms with Crippen LogP contribution in [-0.2, 0) is 0 Å². The first kappa shape index (κ1) is 42.7. The maximum atomic E-state index is 2.48. The summed E-state index contributed by atoms with van der Waals surface area (Å²) >= 11 is 0. The van der Waals surface area contributed by atoms with Gasteiger partial charge >= 0.3 is 0 Å². The molecular weight excluding hydrogens is 472 g/mol. The Kier molecular flexibility index (Phi) is 23.6. The fourth-order valence-electron chi connectivity index (χ4n) is 6.03. The maximum absolute atomic E-state index is 2.48. The topological polar surface area (TPSA) is 0 Å². The standard InChI is InChI=1S/C13H28.C12H28Si.C12H26/c2*1-10(2)12(11(3)4)8-9-13(5,6)7;1-9(2)7-8-12(10(3)4)11(5)6/h2*10-12H,8-9H2,1-7H3;9-12H,7-8H2,1-6H3. The van der Waals surface area contributed by atoms with Crippen LogP contribution in [-0.4, -0.2) is 8.07 Å². The van der Waals surface area contributed by atoms with Gasteiger partial charge in [-0.15, -0.1) is 0 Å². The largest absolute Gasteiger partial charge is 0.0695 e. The molecule has 0 nitrogen and oxygen atoms in total. The highest BCUT2D eigenvalue weighted by molar-refractivity contribution is 6.76. The smallest absolute Gasteiger partial charge is 0.0442 e. The summed E-state index contributed by atoms with van der Waals surface area (Å²) in [4.78, 5) is 0. The minimum atomic E-state index is -0.812. The Labute approximate surface area is 247 Å². The van der Waals surface area contributed by atoms with Gasteiger partial charge in [-0.3, -0.25) is 0 Å². The number of hydrogen-bond acceptors (Lipinski definition) is 0.